The zero-order valence-corrected chi connectivity index (χ0v) is 11.2. The quantitative estimate of drug-likeness (QED) is 0.518. The molecular weight excluding hydrogens is 320 g/mol. The first-order valence-corrected chi connectivity index (χ1v) is 6.28. The molecule has 7 nitrogen and oxygen atoms in total. The first-order valence-electron chi connectivity index (χ1n) is 5.36. The summed E-state index contributed by atoms with van der Waals surface area (Å²) in [5.41, 5.74) is -0.554. The topological polar surface area (TPSA) is 101 Å². The van der Waals surface area contributed by atoms with Gasteiger partial charge in [0.25, 0.3) is 5.69 Å². The van der Waals surface area contributed by atoms with Crippen LogP contribution in [-0.4, -0.2) is 33.3 Å². The van der Waals surface area contributed by atoms with Crippen molar-refractivity contribution in [3.8, 4) is 0 Å². The number of nitrogens with zero attached hydrogens (tertiary/aromatic N) is 2. The minimum absolute atomic E-state index is 0.00321. The van der Waals surface area contributed by atoms with Gasteiger partial charge >= 0.3 is 5.97 Å². The predicted octanol–water partition coefficient (Wildman–Crippen LogP) is 1.79. The van der Waals surface area contributed by atoms with Crippen molar-refractivity contribution in [3.05, 3.63) is 33.9 Å². The van der Waals surface area contributed by atoms with E-state index >= 15 is 0 Å². The Hall–Kier alpha value is -1.96. The molecule has 0 aromatic heterocycles. The minimum Gasteiger partial charge on any atom is -0.477 e. The van der Waals surface area contributed by atoms with E-state index in [1.165, 1.54) is 11.0 Å². The van der Waals surface area contributed by atoms with E-state index in [1.807, 2.05) is 0 Å². The van der Waals surface area contributed by atoms with Gasteiger partial charge in [0.1, 0.15) is 5.56 Å². The Morgan fingerprint density at radius 2 is 2.21 bits per heavy atom. The molecule has 100 valence electrons. The molecule has 0 aliphatic carbocycles. The molecule has 1 aromatic rings. The third-order valence-electron chi connectivity index (χ3n) is 2.80. The summed E-state index contributed by atoms with van der Waals surface area (Å²) in [6, 6.07) is 3.64. The summed E-state index contributed by atoms with van der Waals surface area (Å²) in [7, 11) is 0. The highest BCUT2D eigenvalue weighted by Gasteiger charge is 2.30. The van der Waals surface area contributed by atoms with Crippen LogP contribution in [0.15, 0.2) is 18.2 Å². The molecule has 1 heterocycles. The summed E-state index contributed by atoms with van der Waals surface area (Å²) in [5.74, 6) is -1.54. The number of hydrogen-bond acceptors (Lipinski definition) is 4. The smallest absolute Gasteiger partial charge is 0.342 e. The number of carboxylic acid groups (broad SMARTS) is 1. The Balaban J connectivity index is 2.44. The van der Waals surface area contributed by atoms with Crippen LogP contribution in [0.25, 0.3) is 0 Å². The lowest BCUT2D eigenvalue weighted by Gasteiger charge is -2.16. The molecule has 1 aliphatic heterocycles. The molecule has 1 N–H and O–H groups in total. The Bertz CT molecular complexity index is 574. The van der Waals surface area contributed by atoms with Crippen molar-refractivity contribution in [3.63, 3.8) is 0 Å². The van der Waals surface area contributed by atoms with Crippen molar-refractivity contribution in [2.75, 3.05) is 11.4 Å². The number of aromatic carboxylic acids is 1. The van der Waals surface area contributed by atoms with Gasteiger partial charge < -0.3 is 10.0 Å². The van der Waals surface area contributed by atoms with E-state index in [2.05, 4.69) is 15.9 Å². The Labute approximate surface area is 116 Å². The molecule has 0 spiro atoms. The molecule has 8 heteroatoms. The van der Waals surface area contributed by atoms with Crippen LogP contribution >= 0.6 is 15.9 Å². The fourth-order valence-corrected chi connectivity index (χ4v) is 2.50. The van der Waals surface area contributed by atoms with Gasteiger partial charge in [-0.2, -0.15) is 0 Å². The van der Waals surface area contributed by atoms with Crippen molar-refractivity contribution >= 4 is 39.2 Å². The monoisotopic (exact) mass is 328 g/mol. The number of benzene rings is 1. The average molecular weight is 329 g/mol. The van der Waals surface area contributed by atoms with E-state index in [0.29, 0.717) is 18.7 Å². The average Bonchev–Trinajstić information content (AvgIpc) is 2.67. The molecule has 1 aliphatic rings. The van der Waals surface area contributed by atoms with E-state index in [1.54, 1.807) is 0 Å². The third kappa shape index (κ3) is 2.58. The SMILES string of the molecule is O=C(O)c1cc(N2CC(Br)CC2=O)ccc1[N+](=O)[O-]. The molecule has 0 bridgehead atoms. The maximum atomic E-state index is 11.7. The van der Waals surface area contributed by atoms with Crippen LogP contribution in [0.5, 0.6) is 0 Å². The van der Waals surface area contributed by atoms with Crippen molar-refractivity contribution in [2.24, 2.45) is 0 Å². The number of hydrogen-bond donors (Lipinski definition) is 1. The molecule has 1 amide bonds. The van der Waals surface area contributed by atoms with Crippen LogP contribution in [0.1, 0.15) is 16.8 Å². The van der Waals surface area contributed by atoms with Crippen molar-refractivity contribution in [2.45, 2.75) is 11.2 Å². The van der Waals surface area contributed by atoms with Gasteiger partial charge in [-0.05, 0) is 12.1 Å². The van der Waals surface area contributed by atoms with Gasteiger partial charge in [-0.3, -0.25) is 14.9 Å². The van der Waals surface area contributed by atoms with E-state index in [4.69, 9.17) is 5.11 Å². The summed E-state index contributed by atoms with van der Waals surface area (Å²) in [5, 5.41) is 19.7. The second-order valence-corrected chi connectivity index (χ2v) is 5.36. The lowest BCUT2D eigenvalue weighted by molar-refractivity contribution is -0.385. The summed E-state index contributed by atoms with van der Waals surface area (Å²) in [4.78, 5) is 34.1. The Kier molecular flexibility index (Phi) is 3.52. The molecule has 1 aromatic carbocycles. The number of anilines is 1. The van der Waals surface area contributed by atoms with E-state index < -0.39 is 22.1 Å². The van der Waals surface area contributed by atoms with Crippen LogP contribution in [-0.2, 0) is 4.79 Å². The fraction of sp³-hybridized carbons (Fsp3) is 0.273. The summed E-state index contributed by atoms with van der Waals surface area (Å²) < 4.78 is 0. The van der Waals surface area contributed by atoms with Gasteiger partial charge in [-0.15, -0.1) is 0 Å². The molecular formula is C11H9BrN2O5. The molecule has 0 radical (unpaired) electrons. The summed E-state index contributed by atoms with van der Waals surface area (Å²) >= 11 is 3.31. The second kappa shape index (κ2) is 4.96. The number of nitro groups is 1. The zero-order chi connectivity index (χ0) is 14.2. The van der Waals surface area contributed by atoms with Crippen LogP contribution in [0.3, 0.4) is 0 Å². The van der Waals surface area contributed by atoms with Crippen molar-refractivity contribution < 1.29 is 19.6 Å². The van der Waals surface area contributed by atoms with Crippen LogP contribution < -0.4 is 4.90 Å². The molecule has 19 heavy (non-hydrogen) atoms. The highest BCUT2D eigenvalue weighted by Crippen LogP contribution is 2.29. The standard InChI is InChI=1S/C11H9BrN2O5/c12-6-3-10(15)13(5-6)7-1-2-9(14(18)19)8(4-7)11(16)17/h1-2,4,6H,3,5H2,(H,16,17). The van der Waals surface area contributed by atoms with Crippen molar-refractivity contribution in [1.82, 2.24) is 0 Å². The normalized spacial score (nSPS) is 18.7. The van der Waals surface area contributed by atoms with E-state index in [0.717, 1.165) is 12.1 Å². The predicted molar refractivity (Wildman–Crippen MR) is 69.7 cm³/mol. The molecule has 1 unspecified atom stereocenters. The van der Waals surface area contributed by atoms with E-state index in [9.17, 15) is 19.7 Å². The van der Waals surface area contributed by atoms with E-state index in [-0.39, 0.29) is 10.7 Å². The van der Waals surface area contributed by atoms with Crippen molar-refractivity contribution in [1.29, 1.82) is 0 Å². The molecule has 1 fully saturated rings. The minimum atomic E-state index is -1.39. The fourth-order valence-electron chi connectivity index (χ4n) is 1.94. The number of carboxylic acids is 1. The van der Waals surface area contributed by atoms with Gasteiger partial charge in [0.15, 0.2) is 0 Å². The zero-order valence-electron chi connectivity index (χ0n) is 9.58. The van der Waals surface area contributed by atoms with Gasteiger partial charge in [0.05, 0.1) is 4.92 Å². The number of halogens is 1. The lowest BCUT2D eigenvalue weighted by atomic mass is 10.1. The molecule has 1 saturated heterocycles. The third-order valence-corrected chi connectivity index (χ3v) is 3.41. The maximum Gasteiger partial charge on any atom is 0.342 e. The second-order valence-electron chi connectivity index (χ2n) is 4.07. The molecule has 2 rings (SSSR count). The van der Waals surface area contributed by atoms with Gasteiger partial charge in [-0.25, -0.2) is 4.79 Å². The Morgan fingerprint density at radius 1 is 1.53 bits per heavy atom. The number of carbonyl (C=O) groups excluding carboxylic acids is 1. The van der Waals surface area contributed by atoms with Gasteiger partial charge in [-0.1, -0.05) is 15.9 Å². The number of nitro benzene ring substituents is 1. The maximum absolute atomic E-state index is 11.7. The molecule has 1 atom stereocenters. The first kappa shape index (κ1) is 13.5. The molecule has 0 saturated carbocycles. The van der Waals surface area contributed by atoms with Gasteiger partial charge in [0, 0.05) is 29.5 Å². The number of amides is 1. The van der Waals surface area contributed by atoms with Gasteiger partial charge in [0.2, 0.25) is 5.91 Å². The number of rotatable bonds is 3. The van der Waals surface area contributed by atoms with Crippen LogP contribution in [0.2, 0.25) is 0 Å². The summed E-state index contributed by atoms with van der Waals surface area (Å²) in [6.07, 6.45) is 0.319. The Morgan fingerprint density at radius 3 is 2.68 bits per heavy atom. The number of alkyl halides is 1. The first-order chi connectivity index (χ1) is 8.90. The lowest BCUT2D eigenvalue weighted by Crippen LogP contribution is -2.24. The van der Waals surface area contributed by atoms with Crippen LogP contribution in [0.4, 0.5) is 11.4 Å². The summed E-state index contributed by atoms with van der Waals surface area (Å²) in [6.45, 7) is 0.412. The highest BCUT2D eigenvalue weighted by atomic mass is 79.9. The number of carbonyl (C=O) groups is 2. The van der Waals surface area contributed by atoms with Crippen LogP contribution in [0, 0.1) is 10.1 Å². The highest BCUT2D eigenvalue weighted by molar-refractivity contribution is 9.09. The largest absolute Gasteiger partial charge is 0.477 e.